The van der Waals surface area contributed by atoms with Crippen LogP contribution >= 0.6 is 0 Å². The van der Waals surface area contributed by atoms with Gasteiger partial charge in [-0.05, 0) is 29.8 Å². The number of rotatable bonds is 6. The normalized spacial score (nSPS) is 10.4. The second kappa shape index (κ2) is 7.41. The van der Waals surface area contributed by atoms with Gasteiger partial charge in [0.2, 0.25) is 0 Å². The summed E-state index contributed by atoms with van der Waals surface area (Å²) in [6, 6.07) is 17.4. The fourth-order valence-corrected chi connectivity index (χ4v) is 2.14. The first-order valence-electron chi connectivity index (χ1n) is 7.50. The largest absolute Gasteiger partial charge is 0.489 e. The van der Waals surface area contributed by atoms with Crippen LogP contribution in [-0.2, 0) is 22.6 Å². The van der Waals surface area contributed by atoms with Crippen molar-refractivity contribution in [2.45, 2.75) is 13.0 Å². The zero-order chi connectivity index (χ0) is 16.8. The van der Waals surface area contributed by atoms with Gasteiger partial charge in [-0.1, -0.05) is 30.3 Å². The first kappa shape index (κ1) is 15.7. The third kappa shape index (κ3) is 3.98. The maximum Gasteiger partial charge on any atom is 0.311 e. The number of hydrogen-bond acceptors (Lipinski definition) is 5. The van der Waals surface area contributed by atoms with E-state index < -0.39 is 0 Å². The number of benzene rings is 2. The van der Waals surface area contributed by atoms with E-state index in [9.17, 15) is 4.79 Å². The summed E-state index contributed by atoms with van der Waals surface area (Å²) in [7, 11) is 1.35. The standard InChI is InChI=1S/C18H17N3O3/c1-23-18(22)11-15-12-19-21(20-15)16-7-9-17(10-8-16)24-13-14-5-3-2-4-6-14/h2-10,12H,11,13H2,1H3. The number of carbonyl (C=O) groups is 1. The van der Waals surface area contributed by atoms with Crippen LogP contribution in [0.4, 0.5) is 0 Å². The number of esters is 1. The predicted octanol–water partition coefficient (Wildman–Crippen LogP) is 2.56. The minimum atomic E-state index is -0.341. The Labute approximate surface area is 139 Å². The third-order valence-corrected chi connectivity index (χ3v) is 3.41. The zero-order valence-corrected chi connectivity index (χ0v) is 13.3. The van der Waals surface area contributed by atoms with E-state index in [4.69, 9.17) is 4.74 Å². The summed E-state index contributed by atoms with van der Waals surface area (Å²) >= 11 is 0. The van der Waals surface area contributed by atoms with Gasteiger partial charge in [0.05, 0.1) is 31.1 Å². The first-order chi connectivity index (χ1) is 11.7. The molecule has 0 amide bonds. The van der Waals surface area contributed by atoms with Gasteiger partial charge < -0.3 is 9.47 Å². The van der Waals surface area contributed by atoms with Gasteiger partial charge in [-0.15, -0.1) is 0 Å². The molecular weight excluding hydrogens is 306 g/mol. The highest BCUT2D eigenvalue weighted by molar-refractivity contribution is 5.71. The van der Waals surface area contributed by atoms with Gasteiger partial charge in [0, 0.05) is 0 Å². The average molecular weight is 323 g/mol. The molecule has 0 saturated heterocycles. The van der Waals surface area contributed by atoms with Crippen molar-refractivity contribution in [3.8, 4) is 11.4 Å². The molecule has 0 radical (unpaired) electrons. The molecule has 122 valence electrons. The molecule has 1 heterocycles. The van der Waals surface area contributed by atoms with Crippen LogP contribution in [0.15, 0.2) is 60.8 Å². The quantitative estimate of drug-likeness (QED) is 0.652. The van der Waals surface area contributed by atoms with Crippen molar-refractivity contribution >= 4 is 5.97 Å². The van der Waals surface area contributed by atoms with Crippen LogP contribution in [0.5, 0.6) is 5.75 Å². The minimum absolute atomic E-state index is 0.106. The topological polar surface area (TPSA) is 66.2 Å². The van der Waals surface area contributed by atoms with Crippen molar-refractivity contribution in [2.75, 3.05) is 7.11 Å². The summed E-state index contributed by atoms with van der Waals surface area (Å²) in [4.78, 5) is 12.7. The summed E-state index contributed by atoms with van der Waals surface area (Å²) in [6.07, 6.45) is 1.66. The number of aromatic nitrogens is 3. The van der Waals surface area contributed by atoms with Crippen molar-refractivity contribution in [3.05, 3.63) is 72.1 Å². The van der Waals surface area contributed by atoms with Crippen LogP contribution in [0, 0.1) is 0 Å². The molecule has 0 bridgehead atoms. The van der Waals surface area contributed by atoms with Gasteiger partial charge in [-0.25, -0.2) is 0 Å². The van der Waals surface area contributed by atoms with E-state index >= 15 is 0 Å². The summed E-state index contributed by atoms with van der Waals surface area (Å²) < 4.78 is 10.4. The second-order valence-electron chi connectivity index (χ2n) is 5.15. The second-order valence-corrected chi connectivity index (χ2v) is 5.15. The van der Waals surface area contributed by atoms with E-state index in [1.807, 2.05) is 54.6 Å². The fraction of sp³-hybridized carbons (Fsp3) is 0.167. The number of methoxy groups -OCH3 is 1. The SMILES string of the molecule is COC(=O)Cc1cnn(-c2ccc(OCc3ccccc3)cc2)n1. The van der Waals surface area contributed by atoms with E-state index in [1.165, 1.54) is 11.9 Å². The van der Waals surface area contributed by atoms with Gasteiger partial charge in [-0.3, -0.25) is 4.79 Å². The molecule has 1 aromatic heterocycles. The van der Waals surface area contributed by atoms with Crippen LogP contribution in [0.25, 0.3) is 5.69 Å². The number of nitrogens with zero attached hydrogens (tertiary/aromatic N) is 3. The maximum atomic E-state index is 11.2. The Morgan fingerprint density at radius 3 is 2.54 bits per heavy atom. The lowest BCUT2D eigenvalue weighted by Gasteiger charge is -2.07. The predicted molar refractivity (Wildman–Crippen MR) is 87.9 cm³/mol. The molecule has 24 heavy (non-hydrogen) atoms. The average Bonchev–Trinajstić information content (AvgIpc) is 3.09. The highest BCUT2D eigenvalue weighted by atomic mass is 16.5. The van der Waals surface area contributed by atoms with E-state index in [-0.39, 0.29) is 12.4 Å². The van der Waals surface area contributed by atoms with Gasteiger partial charge in [-0.2, -0.15) is 15.0 Å². The summed E-state index contributed by atoms with van der Waals surface area (Å²) in [6.45, 7) is 0.517. The molecule has 0 spiro atoms. The zero-order valence-electron chi connectivity index (χ0n) is 13.3. The number of ether oxygens (including phenoxy) is 2. The van der Waals surface area contributed by atoms with Crippen LogP contribution in [-0.4, -0.2) is 28.1 Å². The molecule has 0 fully saturated rings. The van der Waals surface area contributed by atoms with Gasteiger partial charge in [0.1, 0.15) is 12.4 Å². The van der Waals surface area contributed by atoms with Crippen molar-refractivity contribution in [1.29, 1.82) is 0 Å². The Hall–Kier alpha value is -3.15. The molecular formula is C18H17N3O3. The van der Waals surface area contributed by atoms with Gasteiger partial charge in [0.15, 0.2) is 0 Å². The Kier molecular flexibility index (Phi) is 4.86. The molecule has 0 saturated carbocycles. The third-order valence-electron chi connectivity index (χ3n) is 3.41. The lowest BCUT2D eigenvalue weighted by Crippen LogP contribution is -2.06. The molecule has 0 aliphatic rings. The van der Waals surface area contributed by atoms with Crippen molar-refractivity contribution in [1.82, 2.24) is 15.0 Å². The van der Waals surface area contributed by atoms with E-state index in [2.05, 4.69) is 14.9 Å². The van der Waals surface area contributed by atoms with Crippen LogP contribution in [0.3, 0.4) is 0 Å². The summed E-state index contributed by atoms with van der Waals surface area (Å²) in [5, 5.41) is 8.41. The molecule has 2 aromatic carbocycles. The van der Waals surface area contributed by atoms with Crippen LogP contribution in [0.2, 0.25) is 0 Å². The highest BCUT2D eigenvalue weighted by Gasteiger charge is 2.08. The number of hydrogen-bond donors (Lipinski definition) is 0. The molecule has 0 N–H and O–H groups in total. The van der Waals surface area contributed by atoms with Crippen molar-refractivity contribution in [3.63, 3.8) is 0 Å². The Morgan fingerprint density at radius 2 is 1.83 bits per heavy atom. The lowest BCUT2D eigenvalue weighted by atomic mass is 10.2. The monoisotopic (exact) mass is 323 g/mol. The first-order valence-corrected chi connectivity index (χ1v) is 7.50. The molecule has 3 aromatic rings. The summed E-state index contributed by atoms with van der Waals surface area (Å²) in [5.41, 5.74) is 2.47. The van der Waals surface area contributed by atoms with Crippen LogP contribution in [0.1, 0.15) is 11.3 Å². The molecule has 0 atom stereocenters. The molecule has 6 heteroatoms. The lowest BCUT2D eigenvalue weighted by molar-refractivity contribution is -0.139. The van der Waals surface area contributed by atoms with E-state index in [0.29, 0.717) is 12.3 Å². The molecule has 6 nitrogen and oxygen atoms in total. The molecule has 3 rings (SSSR count). The Balaban J connectivity index is 1.63. The smallest absolute Gasteiger partial charge is 0.311 e. The fourth-order valence-electron chi connectivity index (χ4n) is 2.14. The van der Waals surface area contributed by atoms with E-state index in [0.717, 1.165) is 17.0 Å². The van der Waals surface area contributed by atoms with Crippen LogP contribution < -0.4 is 4.74 Å². The van der Waals surface area contributed by atoms with Crippen molar-refractivity contribution in [2.24, 2.45) is 0 Å². The van der Waals surface area contributed by atoms with Crippen molar-refractivity contribution < 1.29 is 14.3 Å². The minimum Gasteiger partial charge on any atom is -0.489 e. The Bertz CT molecular complexity index is 798. The molecule has 0 unspecified atom stereocenters. The van der Waals surface area contributed by atoms with Gasteiger partial charge in [0.25, 0.3) is 0 Å². The molecule has 0 aliphatic heterocycles. The number of carbonyl (C=O) groups excluding carboxylic acids is 1. The highest BCUT2D eigenvalue weighted by Crippen LogP contribution is 2.16. The van der Waals surface area contributed by atoms with E-state index in [1.54, 1.807) is 6.20 Å². The summed E-state index contributed by atoms with van der Waals surface area (Å²) in [5.74, 6) is 0.427. The van der Waals surface area contributed by atoms with Gasteiger partial charge >= 0.3 is 5.97 Å². The maximum absolute atomic E-state index is 11.2. The molecule has 0 aliphatic carbocycles. The Morgan fingerprint density at radius 1 is 1.08 bits per heavy atom.